The fourth-order valence-electron chi connectivity index (χ4n) is 4.43. The molecule has 0 fully saturated rings. The molecule has 0 aliphatic carbocycles. The number of aromatic nitrogens is 3. The second-order valence-corrected chi connectivity index (χ2v) is 8.85. The molecule has 0 spiro atoms. The molecular formula is C28H34N4O2. The number of carbonyl (C=O) groups excluding carboxylic acids is 1. The third-order valence-electron chi connectivity index (χ3n) is 6.23. The van der Waals surface area contributed by atoms with Gasteiger partial charge in [-0.05, 0) is 51.7 Å². The van der Waals surface area contributed by atoms with E-state index in [1.807, 2.05) is 31.5 Å². The van der Waals surface area contributed by atoms with E-state index in [1.165, 1.54) is 5.56 Å². The number of anilines is 1. The van der Waals surface area contributed by atoms with Gasteiger partial charge in [0.25, 0.3) is 0 Å². The zero-order valence-electron chi connectivity index (χ0n) is 20.3. The first-order valence-corrected chi connectivity index (χ1v) is 12.4. The number of hydrogen-bond acceptors (Lipinski definition) is 6. The third kappa shape index (κ3) is 5.99. The van der Waals surface area contributed by atoms with Crippen LogP contribution >= 0.6 is 0 Å². The smallest absolute Gasteiger partial charge is 0.305 e. The third-order valence-corrected chi connectivity index (χ3v) is 6.23. The van der Waals surface area contributed by atoms with Crippen molar-refractivity contribution in [3.63, 3.8) is 0 Å². The zero-order chi connectivity index (χ0) is 23.8. The van der Waals surface area contributed by atoms with Gasteiger partial charge in [-0.25, -0.2) is 9.97 Å². The molecule has 0 atom stereocenters. The van der Waals surface area contributed by atoms with Gasteiger partial charge in [-0.2, -0.15) is 0 Å². The lowest BCUT2D eigenvalue weighted by atomic mass is 10.0. The number of ether oxygens (including phenoxy) is 1. The Bertz CT molecular complexity index is 1080. The zero-order valence-corrected chi connectivity index (χ0v) is 20.3. The summed E-state index contributed by atoms with van der Waals surface area (Å²) in [5.41, 5.74) is 6.27. The van der Waals surface area contributed by atoms with E-state index >= 15 is 0 Å². The van der Waals surface area contributed by atoms with Crippen LogP contribution < -0.4 is 4.90 Å². The Morgan fingerprint density at radius 1 is 0.941 bits per heavy atom. The summed E-state index contributed by atoms with van der Waals surface area (Å²) in [5, 5.41) is 0. The van der Waals surface area contributed by atoms with E-state index in [2.05, 4.69) is 41.1 Å². The van der Waals surface area contributed by atoms with Crippen LogP contribution in [0, 0.1) is 6.92 Å². The Kier molecular flexibility index (Phi) is 8.23. The lowest BCUT2D eigenvalue weighted by Crippen LogP contribution is -2.32. The molecule has 3 aromatic rings. The second-order valence-electron chi connectivity index (χ2n) is 8.85. The number of unbranched alkanes of at least 4 members (excludes halogenated alkanes) is 3. The van der Waals surface area contributed by atoms with Crippen molar-refractivity contribution < 1.29 is 9.53 Å². The highest BCUT2D eigenvalue weighted by Gasteiger charge is 2.23. The number of carbonyl (C=O) groups is 1. The van der Waals surface area contributed by atoms with Gasteiger partial charge in [0, 0.05) is 43.0 Å². The Morgan fingerprint density at radius 3 is 2.41 bits per heavy atom. The molecule has 4 rings (SSSR count). The monoisotopic (exact) mass is 458 g/mol. The minimum absolute atomic E-state index is 0.0867. The summed E-state index contributed by atoms with van der Waals surface area (Å²) in [5.74, 6) is 0.933. The molecule has 2 aromatic heterocycles. The molecule has 0 N–H and O–H groups in total. The van der Waals surface area contributed by atoms with Crippen molar-refractivity contribution in [1.82, 2.24) is 15.0 Å². The highest BCUT2D eigenvalue weighted by atomic mass is 16.5. The molecule has 0 saturated carbocycles. The van der Waals surface area contributed by atoms with Crippen LogP contribution in [0.2, 0.25) is 0 Å². The number of aryl methyl sites for hydroxylation is 2. The van der Waals surface area contributed by atoms with Crippen LogP contribution in [0.25, 0.3) is 22.5 Å². The first kappa shape index (κ1) is 23.9. The van der Waals surface area contributed by atoms with Gasteiger partial charge >= 0.3 is 5.97 Å². The van der Waals surface area contributed by atoms with Crippen LogP contribution in [0.1, 0.15) is 56.7 Å². The molecule has 6 nitrogen and oxygen atoms in total. The number of benzene rings is 1. The van der Waals surface area contributed by atoms with Crippen molar-refractivity contribution in [2.45, 2.75) is 58.8 Å². The SMILES string of the molecule is CCOC(=O)CCCCCCN1CCCc2nc(-c3ccncc3)c(-c3ccc(C)cc3)nc21. The molecule has 6 heteroatoms. The van der Waals surface area contributed by atoms with Crippen LogP contribution in [-0.4, -0.2) is 40.6 Å². The summed E-state index contributed by atoms with van der Waals surface area (Å²) in [6.45, 7) is 6.37. The van der Waals surface area contributed by atoms with Crippen LogP contribution in [0.15, 0.2) is 48.8 Å². The average Bonchev–Trinajstić information content (AvgIpc) is 2.86. The van der Waals surface area contributed by atoms with E-state index in [-0.39, 0.29) is 5.97 Å². The maximum atomic E-state index is 11.5. The molecule has 0 unspecified atom stereocenters. The number of rotatable bonds is 10. The van der Waals surface area contributed by atoms with Crippen molar-refractivity contribution in [3.05, 3.63) is 60.0 Å². The molecule has 1 aromatic carbocycles. The van der Waals surface area contributed by atoms with Gasteiger partial charge < -0.3 is 9.64 Å². The fourth-order valence-corrected chi connectivity index (χ4v) is 4.43. The number of esters is 1. The predicted octanol–water partition coefficient (Wildman–Crippen LogP) is 5.78. The first-order chi connectivity index (χ1) is 16.7. The summed E-state index contributed by atoms with van der Waals surface area (Å²) in [6, 6.07) is 12.5. The van der Waals surface area contributed by atoms with Gasteiger partial charge in [-0.3, -0.25) is 9.78 Å². The molecule has 0 bridgehead atoms. The maximum Gasteiger partial charge on any atom is 0.305 e. The molecule has 34 heavy (non-hydrogen) atoms. The molecule has 1 aliphatic rings. The van der Waals surface area contributed by atoms with E-state index in [4.69, 9.17) is 14.7 Å². The van der Waals surface area contributed by atoms with Gasteiger partial charge in [0.1, 0.15) is 0 Å². The highest BCUT2D eigenvalue weighted by molar-refractivity contribution is 5.79. The average molecular weight is 459 g/mol. The molecule has 0 amide bonds. The van der Waals surface area contributed by atoms with Crippen molar-refractivity contribution in [3.8, 4) is 22.5 Å². The minimum atomic E-state index is -0.0867. The van der Waals surface area contributed by atoms with E-state index < -0.39 is 0 Å². The standard InChI is InChI=1S/C28H34N4O2/c1-3-34-25(33)10-6-4-5-7-19-32-20-8-9-24-28(32)31-27(22-13-11-21(2)12-14-22)26(30-24)23-15-17-29-18-16-23/h11-18H,3-10,19-20H2,1-2H3. The van der Waals surface area contributed by atoms with Crippen molar-refractivity contribution in [2.24, 2.45) is 0 Å². The summed E-state index contributed by atoms with van der Waals surface area (Å²) in [7, 11) is 0. The van der Waals surface area contributed by atoms with Crippen LogP contribution in [0.5, 0.6) is 0 Å². The Hall–Kier alpha value is -3.28. The van der Waals surface area contributed by atoms with Gasteiger partial charge in [0.2, 0.25) is 0 Å². The van der Waals surface area contributed by atoms with Crippen molar-refractivity contribution >= 4 is 11.8 Å². The molecule has 178 valence electrons. The lowest BCUT2D eigenvalue weighted by molar-refractivity contribution is -0.143. The Morgan fingerprint density at radius 2 is 1.65 bits per heavy atom. The number of fused-ring (bicyclic) bond motifs is 1. The Balaban J connectivity index is 1.51. The summed E-state index contributed by atoms with van der Waals surface area (Å²) >= 11 is 0. The van der Waals surface area contributed by atoms with Crippen molar-refractivity contribution in [1.29, 1.82) is 0 Å². The van der Waals surface area contributed by atoms with E-state index in [0.29, 0.717) is 13.0 Å². The largest absolute Gasteiger partial charge is 0.466 e. The predicted molar refractivity (Wildman–Crippen MR) is 136 cm³/mol. The van der Waals surface area contributed by atoms with E-state index in [9.17, 15) is 4.79 Å². The topological polar surface area (TPSA) is 68.2 Å². The lowest BCUT2D eigenvalue weighted by Gasteiger charge is -2.30. The van der Waals surface area contributed by atoms with Crippen LogP contribution in [0.4, 0.5) is 5.82 Å². The maximum absolute atomic E-state index is 11.5. The van der Waals surface area contributed by atoms with Crippen LogP contribution in [0.3, 0.4) is 0 Å². The van der Waals surface area contributed by atoms with Gasteiger partial charge in [0.15, 0.2) is 5.82 Å². The molecule has 0 radical (unpaired) electrons. The van der Waals surface area contributed by atoms with Gasteiger partial charge in [-0.1, -0.05) is 42.7 Å². The van der Waals surface area contributed by atoms with Crippen molar-refractivity contribution in [2.75, 3.05) is 24.6 Å². The highest BCUT2D eigenvalue weighted by Crippen LogP contribution is 2.34. The number of pyridine rings is 1. The summed E-state index contributed by atoms with van der Waals surface area (Å²) in [6.07, 6.45) is 10.3. The minimum Gasteiger partial charge on any atom is -0.466 e. The van der Waals surface area contributed by atoms with Gasteiger partial charge in [0.05, 0.1) is 23.7 Å². The molecular weight excluding hydrogens is 424 g/mol. The van der Waals surface area contributed by atoms with E-state index in [1.54, 1.807) is 0 Å². The number of nitrogens with zero attached hydrogens (tertiary/aromatic N) is 4. The number of hydrogen-bond donors (Lipinski definition) is 0. The van der Waals surface area contributed by atoms with E-state index in [0.717, 1.165) is 85.6 Å². The molecule has 1 aliphatic heterocycles. The first-order valence-electron chi connectivity index (χ1n) is 12.4. The second kappa shape index (κ2) is 11.7. The summed E-state index contributed by atoms with van der Waals surface area (Å²) in [4.78, 5) is 28.4. The van der Waals surface area contributed by atoms with Crippen LogP contribution in [-0.2, 0) is 16.0 Å². The Labute approximate surface area is 202 Å². The molecule has 0 saturated heterocycles. The fraction of sp³-hybridized carbons (Fsp3) is 0.429. The van der Waals surface area contributed by atoms with Gasteiger partial charge in [-0.15, -0.1) is 0 Å². The quantitative estimate of drug-likeness (QED) is 0.283. The summed E-state index contributed by atoms with van der Waals surface area (Å²) < 4.78 is 5.01. The normalized spacial score (nSPS) is 12.9. The molecule has 3 heterocycles.